The van der Waals surface area contributed by atoms with E-state index in [0.29, 0.717) is 4.57 Å². The Morgan fingerprint density at radius 2 is 1.76 bits per heavy atom. The van der Waals surface area contributed by atoms with Crippen LogP contribution < -0.4 is 16.0 Å². The molecule has 7 nitrogen and oxygen atoms in total. The molecule has 1 aromatic heterocycles. The van der Waals surface area contributed by atoms with Crippen LogP contribution in [0.4, 0.5) is 10.1 Å². The van der Waals surface area contributed by atoms with Crippen molar-refractivity contribution in [1.82, 2.24) is 9.13 Å². The Morgan fingerprint density at radius 3 is 2.38 bits per heavy atom. The van der Waals surface area contributed by atoms with Crippen molar-refractivity contribution in [2.24, 2.45) is 14.1 Å². The van der Waals surface area contributed by atoms with Crippen LogP contribution in [-0.4, -0.2) is 17.6 Å². The molecule has 9 heteroatoms. The van der Waals surface area contributed by atoms with Gasteiger partial charge in [-0.15, -0.1) is 0 Å². The van der Waals surface area contributed by atoms with E-state index in [1.807, 2.05) is 4.72 Å². The van der Waals surface area contributed by atoms with E-state index in [1.54, 1.807) is 0 Å². The predicted molar refractivity (Wildman–Crippen MR) is 74.1 cm³/mol. The van der Waals surface area contributed by atoms with Gasteiger partial charge < -0.3 is 4.57 Å². The van der Waals surface area contributed by atoms with Gasteiger partial charge in [0.1, 0.15) is 5.82 Å². The number of benzene rings is 1. The summed E-state index contributed by atoms with van der Waals surface area (Å²) in [5.41, 5.74) is -1.93. The van der Waals surface area contributed by atoms with Gasteiger partial charge in [0, 0.05) is 20.3 Å². The number of hydrogen-bond acceptors (Lipinski definition) is 4. The molecular weight excluding hydrogens is 301 g/mol. The molecule has 2 aromatic rings. The Balaban J connectivity index is 2.59. The summed E-state index contributed by atoms with van der Waals surface area (Å²) in [7, 11) is -1.84. The minimum atomic E-state index is -4.31. The molecule has 0 aliphatic carbocycles. The molecule has 0 radical (unpaired) electrons. The van der Waals surface area contributed by atoms with Gasteiger partial charge in [-0.3, -0.25) is 14.1 Å². The third-order valence-electron chi connectivity index (χ3n) is 2.82. The summed E-state index contributed by atoms with van der Waals surface area (Å²) in [6.07, 6.45) is 0.897. The van der Waals surface area contributed by atoms with Gasteiger partial charge in [-0.1, -0.05) is 12.1 Å². The maximum Gasteiger partial charge on any atom is 0.330 e. The second-order valence-corrected chi connectivity index (χ2v) is 5.99. The van der Waals surface area contributed by atoms with Crippen LogP contribution >= 0.6 is 0 Å². The van der Waals surface area contributed by atoms with Gasteiger partial charge in [-0.05, 0) is 12.1 Å². The summed E-state index contributed by atoms with van der Waals surface area (Å²) in [5.74, 6) is -0.775. The first-order valence-electron chi connectivity index (χ1n) is 5.78. The van der Waals surface area contributed by atoms with Crippen molar-refractivity contribution in [3.8, 4) is 0 Å². The summed E-state index contributed by atoms with van der Waals surface area (Å²) in [6.45, 7) is 0. The van der Waals surface area contributed by atoms with Crippen molar-refractivity contribution in [2.75, 3.05) is 4.72 Å². The summed E-state index contributed by atoms with van der Waals surface area (Å²) in [4.78, 5) is 22.8. The molecule has 0 saturated carbocycles. The summed E-state index contributed by atoms with van der Waals surface area (Å²) >= 11 is 0. The first-order chi connectivity index (χ1) is 9.74. The molecule has 0 aliphatic heterocycles. The quantitative estimate of drug-likeness (QED) is 0.865. The lowest BCUT2D eigenvalue weighted by Gasteiger charge is -2.10. The molecule has 0 saturated heterocycles. The Morgan fingerprint density at radius 1 is 1.14 bits per heavy atom. The first kappa shape index (κ1) is 15.0. The zero-order valence-electron chi connectivity index (χ0n) is 11.2. The molecule has 0 spiro atoms. The van der Waals surface area contributed by atoms with Crippen LogP contribution in [0, 0.1) is 5.82 Å². The molecule has 1 heterocycles. The number of halogens is 1. The lowest BCUT2D eigenvalue weighted by atomic mass is 10.3. The molecule has 0 atom stereocenters. The maximum absolute atomic E-state index is 13.5. The van der Waals surface area contributed by atoms with Crippen LogP contribution in [0.15, 0.2) is 44.9 Å². The van der Waals surface area contributed by atoms with E-state index in [2.05, 4.69) is 0 Å². The number of sulfonamides is 1. The number of aryl methyl sites for hydroxylation is 1. The van der Waals surface area contributed by atoms with Crippen LogP contribution in [0.1, 0.15) is 0 Å². The van der Waals surface area contributed by atoms with E-state index in [-0.39, 0.29) is 5.69 Å². The van der Waals surface area contributed by atoms with Crippen molar-refractivity contribution in [3.63, 3.8) is 0 Å². The minimum absolute atomic E-state index is 0.284. The highest BCUT2D eigenvalue weighted by molar-refractivity contribution is 7.92. The number of nitrogens with one attached hydrogen (secondary N) is 1. The van der Waals surface area contributed by atoms with Crippen molar-refractivity contribution >= 4 is 15.7 Å². The number of para-hydroxylation sites is 1. The average Bonchev–Trinajstić information content (AvgIpc) is 2.42. The lowest BCUT2D eigenvalue weighted by molar-refractivity contribution is 0.587. The van der Waals surface area contributed by atoms with Gasteiger partial charge in [0.2, 0.25) is 0 Å². The van der Waals surface area contributed by atoms with E-state index in [4.69, 9.17) is 0 Å². The fourth-order valence-electron chi connectivity index (χ4n) is 1.70. The highest BCUT2D eigenvalue weighted by Gasteiger charge is 2.22. The highest BCUT2D eigenvalue weighted by atomic mass is 32.2. The smallest absolute Gasteiger partial charge is 0.302 e. The SMILES string of the molecule is Cn1cc(S(=O)(=O)Nc2ccccc2F)c(=O)n(C)c1=O. The van der Waals surface area contributed by atoms with Gasteiger partial charge in [0.05, 0.1) is 5.69 Å². The monoisotopic (exact) mass is 313 g/mol. The van der Waals surface area contributed by atoms with Gasteiger partial charge in [0.15, 0.2) is 4.90 Å². The molecule has 0 fully saturated rings. The Kier molecular flexibility index (Phi) is 3.69. The molecular formula is C12H12FN3O4S. The van der Waals surface area contributed by atoms with E-state index >= 15 is 0 Å². The fraction of sp³-hybridized carbons (Fsp3) is 0.167. The van der Waals surface area contributed by atoms with Crippen LogP contribution in [-0.2, 0) is 24.1 Å². The minimum Gasteiger partial charge on any atom is -0.302 e. The highest BCUT2D eigenvalue weighted by Crippen LogP contribution is 2.16. The van der Waals surface area contributed by atoms with Crippen molar-refractivity contribution < 1.29 is 12.8 Å². The Bertz CT molecular complexity index is 915. The molecule has 2 rings (SSSR count). The Labute approximate surface area is 119 Å². The zero-order valence-corrected chi connectivity index (χ0v) is 12.0. The second kappa shape index (κ2) is 5.17. The molecule has 0 bridgehead atoms. The van der Waals surface area contributed by atoms with E-state index in [9.17, 15) is 22.4 Å². The third kappa shape index (κ3) is 2.72. The summed E-state index contributed by atoms with van der Waals surface area (Å²) in [6, 6.07) is 5.15. The largest absolute Gasteiger partial charge is 0.330 e. The van der Waals surface area contributed by atoms with Crippen molar-refractivity contribution in [1.29, 1.82) is 0 Å². The number of rotatable bonds is 3. The predicted octanol–water partition coefficient (Wildman–Crippen LogP) is 0.0239. The summed E-state index contributed by atoms with van der Waals surface area (Å²) < 4.78 is 41.5. The third-order valence-corrected chi connectivity index (χ3v) is 4.17. The number of aromatic nitrogens is 2. The van der Waals surface area contributed by atoms with Gasteiger partial charge in [-0.25, -0.2) is 17.6 Å². The molecule has 21 heavy (non-hydrogen) atoms. The maximum atomic E-state index is 13.5. The molecule has 1 N–H and O–H groups in total. The molecule has 0 aliphatic rings. The van der Waals surface area contributed by atoms with Crippen molar-refractivity contribution in [3.05, 3.63) is 57.1 Å². The zero-order chi connectivity index (χ0) is 15.8. The molecule has 0 amide bonds. The van der Waals surface area contributed by atoms with Gasteiger partial charge in [-0.2, -0.15) is 0 Å². The van der Waals surface area contributed by atoms with Crippen LogP contribution in [0.5, 0.6) is 0 Å². The second-order valence-electron chi connectivity index (χ2n) is 4.34. The standard InChI is InChI=1S/C12H12FN3O4S/c1-15-7-10(11(17)16(2)12(15)18)21(19,20)14-9-6-4-3-5-8(9)13/h3-7,14H,1-2H3. The fourth-order valence-corrected chi connectivity index (χ4v) is 2.93. The van der Waals surface area contributed by atoms with Crippen LogP contribution in [0.25, 0.3) is 0 Å². The number of nitrogens with zero attached hydrogens (tertiary/aromatic N) is 2. The van der Waals surface area contributed by atoms with E-state index < -0.39 is 32.0 Å². The summed E-state index contributed by atoms with van der Waals surface area (Å²) in [5, 5.41) is 0. The van der Waals surface area contributed by atoms with E-state index in [1.165, 1.54) is 25.2 Å². The van der Waals surface area contributed by atoms with Crippen LogP contribution in [0.2, 0.25) is 0 Å². The molecule has 112 valence electrons. The Hall–Kier alpha value is -2.42. The number of hydrogen-bond donors (Lipinski definition) is 1. The topological polar surface area (TPSA) is 90.2 Å². The number of anilines is 1. The van der Waals surface area contributed by atoms with Gasteiger partial charge in [0.25, 0.3) is 15.6 Å². The molecule has 0 unspecified atom stereocenters. The normalized spacial score (nSPS) is 11.4. The van der Waals surface area contributed by atoms with E-state index in [0.717, 1.165) is 23.9 Å². The average molecular weight is 313 g/mol. The van der Waals surface area contributed by atoms with Gasteiger partial charge >= 0.3 is 5.69 Å². The first-order valence-corrected chi connectivity index (χ1v) is 7.26. The van der Waals surface area contributed by atoms with Crippen molar-refractivity contribution in [2.45, 2.75) is 4.90 Å². The molecule has 1 aromatic carbocycles. The lowest BCUT2D eigenvalue weighted by Crippen LogP contribution is -2.40. The van der Waals surface area contributed by atoms with Crippen LogP contribution in [0.3, 0.4) is 0 Å².